The fourth-order valence-electron chi connectivity index (χ4n) is 3.35. The number of aromatic nitrogens is 2. The third-order valence-corrected chi connectivity index (χ3v) is 5.79. The number of rotatable bonds is 6. The molecule has 2 heterocycles. The summed E-state index contributed by atoms with van der Waals surface area (Å²) in [5, 5.41) is 0. The molecule has 1 fully saturated rings. The van der Waals surface area contributed by atoms with Gasteiger partial charge in [0.05, 0.1) is 22.6 Å². The van der Waals surface area contributed by atoms with Gasteiger partial charge in [0.1, 0.15) is 5.82 Å². The summed E-state index contributed by atoms with van der Waals surface area (Å²) in [6.45, 7) is 22.0. The SMILES string of the molecule is C=C/C(=C\C)c1nc(C=C)c(C=C)n1-c1ccc(B2OC(C)(C)C(C)(C)O2)cc1. The van der Waals surface area contributed by atoms with Gasteiger partial charge in [-0.3, -0.25) is 4.57 Å². The lowest BCUT2D eigenvalue weighted by molar-refractivity contribution is 0.00578. The zero-order chi connectivity index (χ0) is 21.4. The van der Waals surface area contributed by atoms with Crippen LogP contribution in [0.25, 0.3) is 23.4 Å². The molecule has 0 N–H and O–H groups in total. The van der Waals surface area contributed by atoms with E-state index in [1.807, 2.05) is 37.3 Å². The third-order valence-electron chi connectivity index (χ3n) is 5.79. The molecule has 1 aliphatic heterocycles. The van der Waals surface area contributed by atoms with Crippen molar-refractivity contribution in [1.29, 1.82) is 0 Å². The predicted molar refractivity (Wildman–Crippen MR) is 123 cm³/mol. The van der Waals surface area contributed by atoms with Crippen molar-refractivity contribution < 1.29 is 9.31 Å². The van der Waals surface area contributed by atoms with E-state index >= 15 is 0 Å². The van der Waals surface area contributed by atoms with Gasteiger partial charge in [-0.2, -0.15) is 0 Å². The Balaban J connectivity index is 2.05. The summed E-state index contributed by atoms with van der Waals surface area (Å²) in [5.74, 6) is 0.802. The minimum absolute atomic E-state index is 0.368. The van der Waals surface area contributed by atoms with Gasteiger partial charge in [-0.25, -0.2) is 4.98 Å². The highest BCUT2D eigenvalue weighted by Crippen LogP contribution is 2.36. The summed E-state index contributed by atoms with van der Waals surface area (Å²) < 4.78 is 14.4. The standard InChI is InChI=1S/C24H29BN2O2/c1-9-17(10-2)22-26-20(11-3)21(12-4)27(22)19-15-13-18(14-16-19)25-28-23(5,6)24(7,8)29-25/h9-16H,1,3-4H2,2,5-8H3/b17-10+. The number of benzene rings is 1. The molecule has 29 heavy (non-hydrogen) atoms. The Bertz CT molecular complexity index is 965. The van der Waals surface area contributed by atoms with Gasteiger partial charge in [0.2, 0.25) is 0 Å². The van der Waals surface area contributed by atoms with Gasteiger partial charge in [-0.1, -0.05) is 44.0 Å². The molecular weight excluding hydrogens is 359 g/mol. The largest absolute Gasteiger partial charge is 0.494 e. The van der Waals surface area contributed by atoms with Crippen LogP contribution in [0, 0.1) is 0 Å². The maximum absolute atomic E-state index is 6.17. The first-order valence-electron chi connectivity index (χ1n) is 9.81. The molecular formula is C24H29BN2O2. The molecule has 0 spiro atoms. The molecule has 1 aliphatic rings. The van der Waals surface area contributed by atoms with Crippen molar-refractivity contribution in [1.82, 2.24) is 9.55 Å². The lowest BCUT2D eigenvalue weighted by Crippen LogP contribution is -2.41. The Labute approximate surface area is 174 Å². The second-order valence-electron chi connectivity index (χ2n) is 8.08. The first-order chi connectivity index (χ1) is 13.7. The lowest BCUT2D eigenvalue weighted by Gasteiger charge is -2.32. The van der Waals surface area contributed by atoms with Crippen LogP contribution in [0.5, 0.6) is 0 Å². The molecule has 1 aromatic carbocycles. The predicted octanol–water partition coefficient (Wildman–Crippen LogP) is 5.05. The fourth-order valence-corrected chi connectivity index (χ4v) is 3.35. The zero-order valence-corrected chi connectivity index (χ0v) is 18.0. The minimum Gasteiger partial charge on any atom is -0.399 e. The van der Waals surface area contributed by atoms with Crippen LogP contribution in [0.1, 0.15) is 51.8 Å². The van der Waals surface area contributed by atoms with Crippen LogP contribution in [0.4, 0.5) is 0 Å². The highest BCUT2D eigenvalue weighted by molar-refractivity contribution is 6.62. The van der Waals surface area contributed by atoms with Crippen molar-refractivity contribution in [2.75, 3.05) is 0 Å². The van der Waals surface area contributed by atoms with Crippen molar-refractivity contribution in [2.45, 2.75) is 45.8 Å². The Morgan fingerprint density at radius 3 is 2.03 bits per heavy atom. The van der Waals surface area contributed by atoms with E-state index in [0.717, 1.165) is 33.9 Å². The van der Waals surface area contributed by atoms with E-state index in [9.17, 15) is 0 Å². The maximum atomic E-state index is 6.17. The number of imidazole rings is 1. The van der Waals surface area contributed by atoms with Gasteiger partial charge in [0, 0.05) is 11.3 Å². The average molecular weight is 388 g/mol. The summed E-state index contributed by atoms with van der Waals surface area (Å²) in [4.78, 5) is 4.74. The van der Waals surface area contributed by atoms with Gasteiger partial charge >= 0.3 is 7.12 Å². The van der Waals surface area contributed by atoms with E-state index in [2.05, 4.69) is 52.0 Å². The van der Waals surface area contributed by atoms with Crippen molar-refractivity contribution in [3.63, 3.8) is 0 Å². The number of nitrogens with zero attached hydrogens (tertiary/aromatic N) is 2. The van der Waals surface area contributed by atoms with Gasteiger partial charge in [-0.05, 0) is 64.4 Å². The number of hydrogen-bond acceptors (Lipinski definition) is 3. The van der Waals surface area contributed by atoms with Gasteiger partial charge in [0.15, 0.2) is 0 Å². The fraction of sp³-hybridized carbons (Fsp3) is 0.292. The molecule has 2 aromatic rings. The van der Waals surface area contributed by atoms with Gasteiger partial charge in [0.25, 0.3) is 0 Å². The quantitative estimate of drug-likeness (QED) is 0.514. The van der Waals surface area contributed by atoms with Crippen LogP contribution in [0.15, 0.2) is 56.2 Å². The molecule has 0 radical (unpaired) electrons. The van der Waals surface area contributed by atoms with Crippen molar-refractivity contribution in [3.05, 3.63) is 73.4 Å². The van der Waals surface area contributed by atoms with E-state index < -0.39 is 7.12 Å². The molecule has 0 atom stereocenters. The van der Waals surface area contributed by atoms with Gasteiger partial charge < -0.3 is 9.31 Å². The van der Waals surface area contributed by atoms with Crippen LogP contribution in [-0.2, 0) is 9.31 Å². The normalized spacial score (nSPS) is 18.0. The Kier molecular flexibility index (Phi) is 5.57. The maximum Gasteiger partial charge on any atom is 0.494 e. The molecule has 3 rings (SSSR count). The second-order valence-corrected chi connectivity index (χ2v) is 8.08. The second kappa shape index (κ2) is 7.66. The summed E-state index contributed by atoms with van der Waals surface area (Å²) in [5.41, 5.74) is 3.83. The van der Waals surface area contributed by atoms with Crippen LogP contribution < -0.4 is 5.46 Å². The summed E-state index contributed by atoms with van der Waals surface area (Å²) >= 11 is 0. The summed E-state index contributed by atoms with van der Waals surface area (Å²) in [6.07, 6.45) is 7.33. The molecule has 5 heteroatoms. The van der Waals surface area contributed by atoms with E-state index in [0.29, 0.717) is 0 Å². The van der Waals surface area contributed by atoms with E-state index in [1.54, 1.807) is 18.2 Å². The Hall–Kier alpha value is -2.63. The van der Waals surface area contributed by atoms with E-state index in [-0.39, 0.29) is 11.2 Å². The van der Waals surface area contributed by atoms with Crippen LogP contribution >= 0.6 is 0 Å². The summed E-state index contributed by atoms with van der Waals surface area (Å²) in [6, 6.07) is 8.15. The van der Waals surface area contributed by atoms with Crippen LogP contribution in [0.2, 0.25) is 0 Å². The topological polar surface area (TPSA) is 36.3 Å². The number of hydrogen-bond donors (Lipinski definition) is 0. The minimum atomic E-state index is -0.391. The van der Waals surface area contributed by atoms with Crippen molar-refractivity contribution in [3.8, 4) is 5.69 Å². The van der Waals surface area contributed by atoms with Gasteiger partial charge in [-0.15, -0.1) is 0 Å². The Morgan fingerprint density at radius 1 is 1.00 bits per heavy atom. The molecule has 4 nitrogen and oxygen atoms in total. The molecule has 150 valence electrons. The third kappa shape index (κ3) is 3.56. The monoisotopic (exact) mass is 388 g/mol. The highest BCUT2D eigenvalue weighted by Gasteiger charge is 2.51. The molecule has 0 aliphatic carbocycles. The first kappa shape index (κ1) is 21.1. The zero-order valence-electron chi connectivity index (χ0n) is 18.0. The van der Waals surface area contributed by atoms with E-state index in [4.69, 9.17) is 14.3 Å². The average Bonchev–Trinajstić information content (AvgIpc) is 3.16. The Morgan fingerprint density at radius 2 is 1.59 bits per heavy atom. The summed E-state index contributed by atoms with van der Waals surface area (Å²) in [7, 11) is -0.391. The molecule has 1 saturated heterocycles. The molecule has 0 saturated carbocycles. The van der Waals surface area contributed by atoms with Crippen molar-refractivity contribution in [2.24, 2.45) is 0 Å². The first-order valence-corrected chi connectivity index (χ1v) is 9.81. The molecule has 0 bridgehead atoms. The molecule has 1 aromatic heterocycles. The van der Waals surface area contributed by atoms with Crippen LogP contribution in [0.3, 0.4) is 0 Å². The smallest absolute Gasteiger partial charge is 0.399 e. The van der Waals surface area contributed by atoms with E-state index in [1.165, 1.54) is 0 Å². The highest BCUT2D eigenvalue weighted by atomic mass is 16.7. The molecule has 0 unspecified atom stereocenters. The number of allylic oxidation sites excluding steroid dienone is 3. The van der Waals surface area contributed by atoms with Crippen LogP contribution in [-0.4, -0.2) is 27.9 Å². The molecule has 0 amide bonds. The lowest BCUT2D eigenvalue weighted by atomic mass is 9.79. The van der Waals surface area contributed by atoms with Crippen molar-refractivity contribution >= 4 is 30.3 Å².